The highest BCUT2D eigenvalue weighted by molar-refractivity contribution is 7.94. The molecule has 4 aliphatic heterocycles. The SMILES string of the molecule is COCCN1CCC(C(=O)NO)(S(=O)(=O)c2ccc(OCCCc3cccc(-c4cccs4)c3)cc2)CC1.Cc1ccc(-c2cccc(CCCOc3ccc(S(=O)(=O)C4(C(=O)NO)CCOCC4)cc3)c2)s1.O=C(NO)C1(S(=O)(=O)c2ccc(OCCCc3cccc(-c4cccs4)c3)cc2)CCOCC1.O=C(NO)C1(S(=O)(=O)c2ccc(OCCCc3cccc(-c4ccsc4)c3)cc2)CCOCC1. The van der Waals surface area contributed by atoms with E-state index >= 15 is 0 Å². The molecule has 0 unspecified atom stereocenters. The zero-order valence-corrected chi connectivity index (χ0v) is 84.7. The molecule has 4 amide bonds. The maximum Gasteiger partial charge on any atom is 0.265 e. The summed E-state index contributed by atoms with van der Waals surface area (Å²) in [6, 6.07) is 73.0. The summed E-state index contributed by atoms with van der Waals surface area (Å²) in [4.78, 5) is 56.8. The van der Waals surface area contributed by atoms with Gasteiger partial charge in [-0.25, -0.2) is 55.6 Å². The summed E-state index contributed by atoms with van der Waals surface area (Å²) in [5.74, 6) is -1.46. The first-order chi connectivity index (χ1) is 68.2. The summed E-state index contributed by atoms with van der Waals surface area (Å²) in [7, 11) is -14.6. The van der Waals surface area contributed by atoms with Crippen LogP contribution in [0.25, 0.3) is 42.4 Å². The summed E-state index contributed by atoms with van der Waals surface area (Å²) < 4.78 is 144. The molecule has 141 heavy (non-hydrogen) atoms. The van der Waals surface area contributed by atoms with E-state index < -0.39 is 82.0 Å². The number of hydrogen-bond acceptors (Lipinski definition) is 29. The van der Waals surface area contributed by atoms with Gasteiger partial charge in [-0.05, 0) is 309 Å². The lowest BCUT2D eigenvalue weighted by atomic mass is 9.95. The lowest BCUT2D eigenvalue weighted by Crippen LogP contribution is -2.57. The molecule has 4 aliphatic rings. The molecule has 0 spiro atoms. The Morgan fingerprint density at radius 1 is 0.348 bits per heavy atom. The molecule has 4 fully saturated rings. The van der Waals surface area contributed by atoms with Crippen molar-refractivity contribution in [2.24, 2.45) is 0 Å². The van der Waals surface area contributed by atoms with Gasteiger partial charge in [0.15, 0.2) is 58.3 Å². The van der Waals surface area contributed by atoms with E-state index in [4.69, 9.17) is 53.5 Å². The quantitative estimate of drug-likeness (QED) is 0.0101. The van der Waals surface area contributed by atoms with Crippen LogP contribution in [0.1, 0.15) is 104 Å². The van der Waals surface area contributed by atoms with Crippen LogP contribution in [0.15, 0.2) is 278 Å². The van der Waals surface area contributed by atoms with Crippen molar-refractivity contribution in [1.29, 1.82) is 0 Å². The second-order valence-corrected chi connectivity index (χ2v) is 47.3. The number of aryl methyl sites for hydroxylation is 5. The molecule has 0 aliphatic carbocycles. The van der Waals surface area contributed by atoms with Crippen molar-refractivity contribution in [3.8, 4) is 65.4 Å². The molecule has 29 nitrogen and oxygen atoms in total. The molecule has 750 valence electrons. The van der Waals surface area contributed by atoms with Gasteiger partial charge in [0.25, 0.3) is 23.6 Å². The van der Waals surface area contributed by atoms with Crippen molar-refractivity contribution in [2.75, 3.05) is 99.4 Å². The van der Waals surface area contributed by atoms with E-state index in [0.717, 1.165) is 51.4 Å². The van der Waals surface area contributed by atoms with E-state index in [0.29, 0.717) is 75.7 Å². The standard InChI is InChI=1S/C28H34N2O6S2.C26H29NO6S2.2C25H27NO6S2/c1-35-19-17-30-15-13-28(14-16-30,27(31)29-32)38(33,34)25-11-9-24(10-12-25)36-18-3-6-22-5-2-7-23(21-22)26-8-4-20-37-26;1-19-7-12-24(34-19)21-6-2-4-20(18-21)5-3-15-33-22-8-10-23(11-9-22)35(30,31)26(25(28)27-29)13-16-32-17-14-26;27-24(26-28)25(12-15-31-16-13-25)34(29,30)22-10-8-21(9-11-22)32-14-2-5-19-4-1-6-20(18-19)23-7-3-17-33-23;27-24(26-28)25(11-14-31-15-12-25)34(29,30)23-8-6-22(7-9-23)32-13-2-4-19-3-1-5-20(17-19)21-10-16-33-18-21/h2,4-5,7-12,20-21,32H,3,6,13-19H2,1H3,(H,29,31);2,4,6-12,18,29H,3,5,13-17H2,1H3,(H,27,28);1,3-4,6-11,17-18,28H,2,5,12-16H2,(H,26,27);1,3,5-10,16-18,28H,2,4,11-15H2,(H,26,27). The first-order valence-corrected chi connectivity index (χ1v) is 55.8. The summed E-state index contributed by atoms with van der Waals surface area (Å²) in [5, 5.41) is 45.2. The van der Waals surface area contributed by atoms with E-state index in [1.807, 2.05) is 12.1 Å². The Kier molecular flexibility index (Phi) is 38.7. The molecule has 0 bridgehead atoms. The zero-order valence-electron chi connectivity index (χ0n) is 78.2. The predicted molar refractivity (Wildman–Crippen MR) is 542 cm³/mol. The molecule has 8 aromatic carbocycles. The van der Waals surface area contributed by atoms with Crippen molar-refractivity contribution in [2.45, 2.75) is 148 Å². The summed E-state index contributed by atoms with van der Waals surface area (Å²) in [5.41, 5.74) is 17.2. The fourth-order valence-corrected chi connectivity index (χ4v) is 28.2. The Balaban J connectivity index is 0.000000158. The summed E-state index contributed by atoms with van der Waals surface area (Å²) >= 11 is 6.89. The predicted octanol–water partition coefficient (Wildman–Crippen LogP) is 17.3. The number of benzene rings is 8. The maximum absolute atomic E-state index is 13.6. The lowest BCUT2D eigenvalue weighted by Gasteiger charge is -2.39. The highest BCUT2D eigenvalue weighted by Crippen LogP contribution is 2.42. The highest BCUT2D eigenvalue weighted by Gasteiger charge is 2.56. The van der Waals surface area contributed by atoms with Crippen LogP contribution in [-0.2, 0) is 103 Å². The molecule has 8 N–H and O–H groups in total. The van der Waals surface area contributed by atoms with Crippen LogP contribution in [0.4, 0.5) is 0 Å². The number of ether oxygens (including phenoxy) is 8. The number of likely N-dealkylation sites (tertiary alicyclic amines) is 1. The third-order valence-electron chi connectivity index (χ3n) is 25.5. The number of amides is 4. The van der Waals surface area contributed by atoms with Crippen molar-refractivity contribution in [3.05, 3.63) is 285 Å². The Hall–Kier alpha value is -10.9. The molecule has 12 aromatic rings. The number of sulfone groups is 4. The molecule has 37 heteroatoms. The van der Waals surface area contributed by atoms with E-state index in [1.54, 1.807) is 106 Å². The lowest BCUT2D eigenvalue weighted by molar-refractivity contribution is -0.135. The van der Waals surface area contributed by atoms with Gasteiger partial charge in [-0.2, -0.15) is 11.3 Å². The summed E-state index contributed by atoms with van der Waals surface area (Å²) in [6.45, 7) is 6.83. The van der Waals surface area contributed by atoms with Gasteiger partial charge >= 0.3 is 0 Å². The second kappa shape index (κ2) is 50.8. The number of nitrogens with one attached hydrogen (secondary N) is 4. The van der Waals surface area contributed by atoms with Gasteiger partial charge in [0.1, 0.15) is 23.0 Å². The van der Waals surface area contributed by atoms with Gasteiger partial charge in [-0.3, -0.25) is 40.0 Å². The largest absolute Gasteiger partial charge is 0.494 e. The molecule has 0 radical (unpaired) electrons. The molecular formula is C104H117N5O24S8. The average molecular weight is 2080 g/mol. The first-order valence-electron chi connectivity index (χ1n) is 46.3. The minimum absolute atomic E-state index is 0.00981. The minimum atomic E-state index is -4.06. The van der Waals surface area contributed by atoms with E-state index in [9.17, 15) is 58.1 Å². The average Bonchev–Trinajstić information content (AvgIpc) is 1.26. The Labute approximate surface area is 838 Å². The summed E-state index contributed by atoms with van der Waals surface area (Å²) in [6.07, 6.45) is 6.76. The number of thiophene rings is 4. The van der Waals surface area contributed by atoms with Gasteiger partial charge in [0, 0.05) is 85.9 Å². The number of piperidine rings is 1. The monoisotopic (exact) mass is 2080 g/mol. The van der Waals surface area contributed by atoms with Crippen LogP contribution < -0.4 is 40.9 Å². The van der Waals surface area contributed by atoms with Crippen LogP contribution in [-0.4, -0.2) is 201 Å². The topological polar surface area (TPSA) is 411 Å². The Morgan fingerprint density at radius 2 is 0.652 bits per heavy atom. The molecule has 0 atom stereocenters. The molecule has 16 rings (SSSR count). The molecular weight excluding hydrogens is 1960 g/mol. The normalized spacial score (nSPS) is 15.6. The zero-order chi connectivity index (χ0) is 99.9. The Bertz CT molecular complexity index is 6330. The minimum Gasteiger partial charge on any atom is -0.494 e. The van der Waals surface area contributed by atoms with Crippen LogP contribution >= 0.6 is 45.3 Å². The molecule has 0 saturated carbocycles. The number of methoxy groups -OCH3 is 1. The van der Waals surface area contributed by atoms with Gasteiger partial charge in [0.2, 0.25) is 0 Å². The van der Waals surface area contributed by atoms with Crippen molar-refractivity contribution < 1.29 is 112 Å². The van der Waals surface area contributed by atoms with Gasteiger partial charge in [0.05, 0.1) is 52.6 Å². The molecule has 4 aromatic heterocycles. The van der Waals surface area contributed by atoms with Crippen LogP contribution in [0.5, 0.6) is 23.0 Å². The maximum atomic E-state index is 13.6. The number of carbonyl (C=O) groups is 4. The number of hydrogen-bond donors (Lipinski definition) is 8. The number of carbonyl (C=O) groups excluding carboxylic acids is 4. The van der Waals surface area contributed by atoms with Crippen molar-refractivity contribution >= 4 is 108 Å². The first kappa shape index (κ1) is 107. The fraction of sp³-hybridized carbons (Fsp3) is 0.346. The number of hydroxylamine groups is 4. The van der Waals surface area contributed by atoms with Crippen molar-refractivity contribution in [1.82, 2.24) is 26.8 Å². The Morgan fingerprint density at radius 3 is 0.929 bits per heavy atom. The number of rotatable bonds is 39. The van der Waals surface area contributed by atoms with Crippen LogP contribution in [0, 0.1) is 6.92 Å². The second-order valence-electron chi connectivity index (χ2n) is 34.3. The van der Waals surface area contributed by atoms with E-state index in [1.165, 1.54) is 135 Å². The third-order valence-corrected chi connectivity index (χ3v) is 39.2. The van der Waals surface area contributed by atoms with Gasteiger partial charge in [-0.15, -0.1) is 34.0 Å². The van der Waals surface area contributed by atoms with Crippen LogP contribution in [0.2, 0.25) is 0 Å². The fourth-order valence-electron chi connectivity index (χ4n) is 17.4. The van der Waals surface area contributed by atoms with Crippen LogP contribution in [0.3, 0.4) is 0 Å². The smallest absolute Gasteiger partial charge is 0.265 e. The van der Waals surface area contributed by atoms with Gasteiger partial charge < -0.3 is 42.8 Å². The van der Waals surface area contributed by atoms with E-state index in [2.05, 4.69) is 161 Å². The number of nitrogens with zero attached hydrogens (tertiary/aromatic N) is 1. The van der Waals surface area contributed by atoms with Crippen molar-refractivity contribution in [3.63, 3.8) is 0 Å². The molecule has 4 saturated heterocycles. The van der Waals surface area contributed by atoms with E-state index in [-0.39, 0.29) is 111 Å². The van der Waals surface area contributed by atoms with Gasteiger partial charge in [-0.1, -0.05) is 109 Å². The highest BCUT2D eigenvalue weighted by atomic mass is 32.2. The molecule has 8 heterocycles. The third kappa shape index (κ3) is 26.4.